The summed E-state index contributed by atoms with van der Waals surface area (Å²) < 4.78 is 55.0. The second-order valence-corrected chi connectivity index (χ2v) is 9.17. The number of carbonyl (C=O) groups excluding carboxylic acids is 1. The van der Waals surface area contributed by atoms with Crippen molar-refractivity contribution in [3.05, 3.63) is 59.4 Å². The first-order valence-corrected chi connectivity index (χ1v) is 12.1. The van der Waals surface area contributed by atoms with Crippen molar-refractivity contribution in [2.75, 3.05) is 32.6 Å². The minimum atomic E-state index is -2.66. The van der Waals surface area contributed by atoms with Crippen molar-refractivity contribution in [1.82, 2.24) is 20.4 Å². The summed E-state index contributed by atoms with van der Waals surface area (Å²) >= 11 is 0. The van der Waals surface area contributed by atoms with E-state index in [-0.39, 0.29) is 30.4 Å². The molecular formula is C26H29ClF3N5O3. The molecule has 1 fully saturated rings. The van der Waals surface area contributed by atoms with E-state index in [2.05, 4.69) is 21.0 Å². The van der Waals surface area contributed by atoms with Gasteiger partial charge in [0.2, 0.25) is 0 Å². The van der Waals surface area contributed by atoms with Crippen LogP contribution in [0.2, 0.25) is 0 Å². The highest BCUT2D eigenvalue weighted by Gasteiger charge is 2.35. The van der Waals surface area contributed by atoms with Gasteiger partial charge in [-0.1, -0.05) is 12.1 Å². The van der Waals surface area contributed by atoms with E-state index >= 15 is 0 Å². The van der Waals surface area contributed by atoms with Gasteiger partial charge < -0.3 is 25.4 Å². The maximum absolute atomic E-state index is 14.9. The van der Waals surface area contributed by atoms with Crippen LogP contribution in [0, 0.1) is 5.82 Å². The van der Waals surface area contributed by atoms with Gasteiger partial charge in [0.25, 0.3) is 12.3 Å². The third kappa shape index (κ3) is 5.39. The largest absolute Gasteiger partial charge is 0.493 e. The molecule has 2 aliphatic rings. The van der Waals surface area contributed by atoms with Crippen LogP contribution in [0.1, 0.15) is 40.8 Å². The zero-order valence-corrected chi connectivity index (χ0v) is 21.7. The number of rotatable bonds is 7. The normalized spacial score (nSPS) is 20.3. The van der Waals surface area contributed by atoms with E-state index in [1.165, 1.54) is 31.0 Å². The van der Waals surface area contributed by atoms with Crippen molar-refractivity contribution in [2.24, 2.45) is 0 Å². The second-order valence-electron chi connectivity index (χ2n) is 9.17. The number of benzene rings is 2. The van der Waals surface area contributed by atoms with Gasteiger partial charge in [0, 0.05) is 24.2 Å². The summed E-state index contributed by atoms with van der Waals surface area (Å²) in [4.78, 5) is 12.5. The van der Waals surface area contributed by atoms with Gasteiger partial charge in [0.1, 0.15) is 17.7 Å². The molecular weight excluding hydrogens is 523 g/mol. The number of halogens is 4. The number of nitrogens with zero attached hydrogens (tertiary/aromatic N) is 2. The Balaban J connectivity index is 0.00000336. The van der Waals surface area contributed by atoms with Gasteiger partial charge in [-0.15, -0.1) is 12.4 Å². The van der Waals surface area contributed by atoms with Crippen molar-refractivity contribution >= 4 is 24.1 Å². The Morgan fingerprint density at radius 3 is 2.58 bits per heavy atom. The minimum Gasteiger partial charge on any atom is -0.493 e. The first kappa shape index (κ1) is 27.6. The van der Waals surface area contributed by atoms with Gasteiger partial charge in [0.15, 0.2) is 11.5 Å². The number of methoxy groups -OCH3 is 2. The lowest BCUT2D eigenvalue weighted by Gasteiger charge is -2.32. The predicted octanol–water partition coefficient (Wildman–Crippen LogP) is 4.58. The molecule has 3 atom stereocenters. The van der Waals surface area contributed by atoms with Crippen molar-refractivity contribution in [1.29, 1.82) is 0 Å². The number of ether oxygens (including phenoxy) is 2. The average molecular weight is 552 g/mol. The lowest BCUT2D eigenvalue weighted by atomic mass is 9.97. The Morgan fingerprint density at radius 2 is 1.92 bits per heavy atom. The molecule has 3 N–H and O–H groups in total. The highest BCUT2D eigenvalue weighted by Crippen LogP contribution is 2.41. The lowest BCUT2D eigenvalue weighted by molar-refractivity contribution is 0.0659. The molecule has 0 aliphatic carbocycles. The molecule has 3 aromatic rings. The quantitative estimate of drug-likeness (QED) is 0.398. The zero-order valence-electron chi connectivity index (χ0n) is 20.8. The highest BCUT2D eigenvalue weighted by atomic mass is 35.5. The molecule has 0 saturated carbocycles. The standard InChI is InChI=1S/C26H28F3N5O3.ClH/c1-36-22-6-4-15(10-23(22)37-2)19-11-21(25(28)29)34-24(32-19)12-20(33-34)14-3-5-17(18(27)9-14)26(35)31-16-7-8-30-13-16;/h3-6,9-10,12,16,19,21,25,30,32H,7-8,11,13H2,1-2H3,(H,31,35);1H/t16-,19?,21?;/m0./s1. The molecule has 1 saturated heterocycles. The molecule has 2 aromatic carbocycles. The number of hydrogen-bond acceptors (Lipinski definition) is 6. The predicted molar refractivity (Wildman–Crippen MR) is 139 cm³/mol. The van der Waals surface area contributed by atoms with Crippen LogP contribution in [0.3, 0.4) is 0 Å². The molecule has 1 aromatic heterocycles. The number of aromatic nitrogens is 2. The third-order valence-electron chi connectivity index (χ3n) is 6.86. The van der Waals surface area contributed by atoms with Crippen molar-refractivity contribution in [3.63, 3.8) is 0 Å². The Morgan fingerprint density at radius 1 is 1.13 bits per heavy atom. The van der Waals surface area contributed by atoms with Crippen LogP contribution in [0.15, 0.2) is 42.5 Å². The summed E-state index contributed by atoms with van der Waals surface area (Å²) in [6, 6.07) is 9.42. The van der Waals surface area contributed by atoms with Gasteiger partial charge in [0.05, 0.1) is 31.5 Å². The van der Waals surface area contributed by atoms with Crippen molar-refractivity contribution < 1.29 is 27.4 Å². The molecule has 2 aliphatic heterocycles. The monoisotopic (exact) mass is 551 g/mol. The van der Waals surface area contributed by atoms with Crippen LogP contribution in [0.25, 0.3) is 11.3 Å². The second kappa shape index (κ2) is 11.5. The molecule has 2 unspecified atom stereocenters. The fraction of sp³-hybridized carbons (Fsp3) is 0.385. The smallest absolute Gasteiger partial charge is 0.260 e. The molecule has 204 valence electrons. The molecule has 3 heterocycles. The number of carbonyl (C=O) groups is 1. The van der Waals surface area contributed by atoms with Crippen LogP contribution < -0.4 is 25.4 Å². The Bertz CT molecular complexity index is 1300. The van der Waals surface area contributed by atoms with E-state index in [1.807, 2.05) is 0 Å². The van der Waals surface area contributed by atoms with Crippen LogP contribution in [0.5, 0.6) is 11.5 Å². The summed E-state index contributed by atoms with van der Waals surface area (Å²) in [6.45, 7) is 1.45. The molecule has 1 amide bonds. The third-order valence-corrected chi connectivity index (χ3v) is 6.86. The molecule has 0 spiro atoms. The summed E-state index contributed by atoms with van der Waals surface area (Å²) in [5.41, 5.74) is 1.40. The number of amides is 1. The number of hydrogen-bond donors (Lipinski definition) is 3. The van der Waals surface area contributed by atoms with Crippen molar-refractivity contribution in [3.8, 4) is 22.8 Å². The molecule has 0 radical (unpaired) electrons. The van der Waals surface area contributed by atoms with Crippen molar-refractivity contribution in [2.45, 2.75) is 37.4 Å². The Hall–Kier alpha value is -3.44. The lowest BCUT2D eigenvalue weighted by Crippen LogP contribution is -2.36. The van der Waals surface area contributed by atoms with Gasteiger partial charge in [-0.3, -0.25) is 4.79 Å². The van der Waals surface area contributed by atoms with E-state index < -0.39 is 30.2 Å². The van der Waals surface area contributed by atoms with Gasteiger partial charge in [-0.25, -0.2) is 17.9 Å². The topological polar surface area (TPSA) is 89.4 Å². The van der Waals surface area contributed by atoms with E-state index in [1.54, 1.807) is 30.3 Å². The zero-order chi connectivity index (χ0) is 26.1. The molecule has 0 bridgehead atoms. The highest BCUT2D eigenvalue weighted by molar-refractivity contribution is 5.95. The number of alkyl halides is 2. The minimum absolute atomic E-state index is 0. The van der Waals surface area contributed by atoms with E-state index in [4.69, 9.17) is 9.47 Å². The maximum atomic E-state index is 14.9. The Kier molecular flexibility index (Phi) is 8.37. The summed E-state index contributed by atoms with van der Waals surface area (Å²) in [6.07, 6.45) is -1.79. The van der Waals surface area contributed by atoms with Crippen LogP contribution >= 0.6 is 12.4 Å². The number of fused-ring (bicyclic) bond motifs is 1. The molecule has 38 heavy (non-hydrogen) atoms. The van der Waals surface area contributed by atoms with Crippen LogP contribution in [-0.2, 0) is 0 Å². The molecule has 8 nitrogen and oxygen atoms in total. The van der Waals surface area contributed by atoms with E-state index in [9.17, 15) is 18.0 Å². The summed E-state index contributed by atoms with van der Waals surface area (Å²) in [7, 11) is 3.04. The average Bonchev–Trinajstić information content (AvgIpc) is 3.57. The van der Waals surface area contributed by atoms with E-state index in [0.29, 0.717) is 35.1 Å². The van der Waals surface area contributed by atoms with E-state index in [0.717, 1.165) is 18.5 Å². The van der Waals surface area contributed by atoms with Gasteiger partial charge in [-0.2, -0.15) is 5.10 Å². The number of nitrogens with one attached hydrogen (secondary N) is 3. The SMILES string of the molecule is COc1ccc(C2CC(C(F)F)n3nc(-c4ccc(C(=O)N[C@H]5CCNC5)c(F)c4)cc3N2)cc1OC.Cl. The first-order chi connectivity index (χ1) is 17.9. The Labute approximate surface area is 224 Å². The summed E-state index contributed by atoms with van der Waals surface area (Å²) in [5, 5.41) is 13.6. The number of anilines is 1. The molecule has 5 rings (SSSR count). The van der Waals surface area contributed by atoms with Gasteiger partial charge >= 0.3 is 0 Å². The van der Waals surface area contributed by atoms with Crippen LogP contribution in [-0.4, -0.2) is 55.5 Å². The maximum Gasteiger partial charge on any atom is 0.260 e. The first-order valence-electron chi connectivity index (χ1n) is 12.1. The van der Waals surface area contributed by atoms with Crippen LogP contribution in [0.4, 0.5) is 19.0 Å². The van der Waals surface area contributed by atoms with Gasteiger partial charge in [-0.05, 0) is 49.2 Å². The fourth-order valence-corrected chi connectivity index (χ4v) is 4.87. The fourth-order valence-electron chi connectivity index (χ4n) is 4.87. The molecule has 12 heteroatoms. The summed E-state index contributed by atoms with van der Waals surface area (Å²) in [5.74, 6) is 0.243.